The molecule has 3 aromatic rings. The van der Waals surface area contributed by atoms with Crippen LogP contribution in [-0.4, -0.2) is 9.97 Å². The van der Waals surface area contributed by atoms with Crippen LogP contribution in [0, 0.1) is 0 Å². The summed E-state index contributed by atoms with van der Waals surface area (Å²) in [6.45, 7) is 0. The zero-order valence-electron chi connectivity index (χ0n) is 10.6. The minimum atomic E-state index is 0.642. The summed E-state index contributed by atoms with van der Waals surface area (Å²) in [6.07, 6.45) is 2.50. The van der Waals surface area contributed by atoms with Crippen LogP contribution in [0.3, 0.4) is 0 Å². The van der Waals surface area contributed by atoms with Gasteiger partial charge in [-0.25, -0.2) is 4.98 Å². The Bertz CT molecular complexity index is 720. The number of benzene rings is 2. The van der Waals surface area contributed by atoms with Crippen LogP contribution in [0.25, 0.3) is 11.3 Å². The van der Waals surface area contributed by atoms with E-state index in [9.17, 15) is 0 Å². The minimum Gasteiger partial charge on any atom is -0.342 e. The van der Waals surface area contributed by atoms with Crippen molar-refractivity contribution in [3.05, 3.63) is 76.2 Å². The minimum absolute atomic E-state index is 0.642. The maximum absolute atomic E-state index is 6.18. The Balaban J connectivity index is 1.84. The molecule has 0 radical (unpaired) electrons. The quantitative estimate of drug-likeness (QED) is 0.726. The molecule has 2 aromatic carbocycles. The maximum atomic E-state index is 6.18. The lowest BCUT2D eigenvalue weighted by Crippen LogP contribution is -1.92. The number of imidazole rings is 1. The largest absolute Gasteiger partial charge is 0.342 e. The van der Waals surface area contributed by atoms with Crippen molar-refractivity contribution in [1.29, 1.82) is 0 Å². The van der Waals surface area contributed by atoms with E-state index in [4.69, 9.17) is 23.2 Å². The number of aromatic nitrogens is 2. The molecule has 2 nitrogen and oxygen atoms in total. The zero-order valence-corrected chi connectivity index (χ0v) is 12.1. The number of aromatic amines is 1. The predicted molar refractivity (Wildman–Crippen MR) is 83.3 cm³/mol. The van der Waals surface area contributed by atoms with E-state index in [2.05, 4.69) is 9.97 Å². The number of halogens is 2. The van der Waals surface area contributed by atoms with Gasteiger partial charge >= 0.3 is 0 Å². The van der Waals surface area contributed by atoms with Gasteiger partial charge < -0.3 is 4.98 Å². The van der Waals surface area contributed by atoms with Crippen LogP contribution in [0.4, 0.5) is 0 Å². The Kier molecular flexibility index (Phi) is 3.77. The lowest BCUT2D eigenvalue weighted by molar-refractivity contribution is 1.03. The van der Waals surface area contributed by atoms with Gasteiger partial charge in [0.25, 0.3) is 0 Å². The maximum Gasteiger partial charge on any atom is 0.110 e. The standard InChI is InChI=1S/C16H12Cl2N2/c17-13-7-6-12(14(18)9-13)8-16-19-10-15(20-16)11-4-2-1-3-5-11/h1-7,9-10H,8H2,(H,19,20). The fraction of sp³-hybridized carbons (Fsp3) is 0.0625. The van der Waals surface area contributed by atoms with Gasteiger partial charge in [-0.15, -0.1) is 0 Å². The molecule has 0 aliphatic rings. The van der Waals surface area contributed by atoms with E-state index in [0.717, 1.165) is 22.6 Å². The summed E-state index contributed by atoms with van der Waals surface area (Å²) in [5.41, 5.74) is 3.13. The molecule has 1 N–H and O–H groups in total. The lowest BCUT2D eigenvalue weighted by Gasteiger charge is -2.02. The van der Waals surface area contributed by atoms with Crippen LogP contribution in [0.1, 0.15) is 11.4 Å². The molecule has 0 fully saturated rings. The lowest BCUT2D eigenvalue weighted by atomic mass is 10.1. The van der Waals surface area contributed by atoms with Crippen molar-refractivity contribution in [1.82, 2.24) is 9.97 Å². The van der Waals surface area contributed by atoms with E-state index < -0.39 is 0 Å². The van der Waals surface area contributed by atoms with E-state index in [1.165, 1.54) is 0 Å². The van der Waals surface area contributed by atoms with Gasteiger partial charge in [0.05, 0.1) is 11.9 Å². The van der Waals surface area contributed by atoms with Gasteiger partial charge in [0.15, 0.2) is 0 Å². The third kappa shape index (κ3) is 2.87. The Labute approximate surface area is 127 Å². The molecule has 0 aliphatic carbocycles. The summed E-state index contributed by atoms with van der Waals surface area (Å²) in [4.78, 5) is 7.72. The fourth-order valence-electron chi connectivity index (χ4n) is 2.06. The molecule has 0 aliphatic heterocycles. The molecule has 0 unspecified atom stereocenters. The SMILES string of the molecule is Clc1ccc(Cc2ncc(-c3ccccc3)[nH]2)c(Cl)c1. The second-order valence-electron chi connectivity index (χ2n) is 4.52. The van der Waals surface area contributed by atoms with Crippen molar-refractivity contribution in [3.8, 4) is 11.3 Å². The second kappa shape index (κ2) is 5.70. The molecule has 0 saturated carbocycles. The first-order chi connectivity index (χ1) is 9.72. The van der Waals surface area contributed by atoms with Gasteiger partial charge in [-0.2, -0.15) is 0 Å². The Morgan fingerprint density at radius 2 is 1.80 bits per heavy atom. The summed E-state index contributed by atoms with van der Waals surface area (Å²) in [7, 11) is 0. The summed E-state index contributed by atoms with van der Waals surface area (Å²) in [6, 6.07) is 15.6. The third-order valence-corrected chi connectivity index (χ3v) is 3.67. The summed E-state index contributed by atoms with van der Waals surface area (Å²) < 4.78 is 0. The van der Waals surface area contributed by atoms with Gasteiger partial charge in [0.1, 0.15) is 5.82 Å². The molecular formula is C16H12Cl2N2. The molecule has 1 aromatic heterocycles. The van der Waals surface area contributed by atoms with Crippen LogP contribution in [0.5, 0.6) is 0 Å². The number of H-pyrrole nitrogens is 1. The first-order valence-corrected chi connectivity index (χ1v) is 7.01. The highest BCUT2D eigenvalue weighted by atomic mass is 35.5. The van der Waals surface area contributed by atoms with Crippen molar-refractivity contribution >= 4 is 23.2 Å². The van der Waals surface area contributed by atoms with Gasteiger partial charge in [0, 0.05) is 16.5 Å². The number of hydrogen-bond donors (Lipinski definition) is 1. The Hall–Kier alpha value is -1.77. The van der Waals surface area contributed by atoms with Crippen LogP contribution in [0.2, 0.25) is 10.0 Å². The molecule has 0 bridgehead atoms. The Morgan fingerprint density at radius 1 is 1.00 bits per heavy atom. The van der Waals surface area contributed by atoms with Gasteiger partial charge in [-0.3, -0.25) is 0 Å². The van der Waals surface area contributed by atoms with Crippen LogP contribution < -0.4 is 0 Å². The smallest absolute Gasteiger partial charge is 0.110 e. The highest BCUT2D eigenvalue weighted by molar-refractivity contribution is 6.35. The van der Waals surface area contributed by atoms with E-state index in [0.29, 0.717) is 16.5 Å². The van der Waals surface area contributed by atoms with Crippen molar-refractivity contribution in [2.45, 2.75) is 6.42 Å². The number of hydrogen-bond acceptors (Lipinski definition) is 1. The number of nitrogens with one attached hydrogen (secondary N) is 1. The van der Waals surface area contributed by atoms with Crippen LogP contribution in [0.15, 0.2) is 54.7 Å². The third-order valence-electron chi connectivity index (χ3n) is 3.09. The van der Waals surface area contributed by atoms with Gasteiger partial charge in [-0.05, 0) is 23.3 Å². The van der Waals surface area contributed by atoms with E-state index in [1.807, 2.05) is 48.7 Å². The van der Waals surface area contributed by atoms with Gasteiger partial charge in [0.2, 0.25) is 0 Å². The molecule has 0 spiro atoms. The first-order valence-electron chi connectivity index (χ1n) is 6.25. The van der Waals surface area contributed by atoms with E-state index in [-0.39, 0.29) is 0 Å². The average molecular weight is 303 g/mol. The zero-order chi connectivity index (χ0) is 13.9. The molecule has 1 heterocycles. The normalized spacial score (nSPS) is 10.7. The van der Waals surface area contributed by atoms with Crippen molar-refractivity contribution < 1.29 is 0 Å². The highest BCUT2D eigenvalue weighted by Gasteiger charge is 2.07. The molecule has 0 amide bonds. The topological polar surface area (TPSA) is 28.7 Å². The second-order valence-corrected chi connectivity index (χ2v) is 5.37. The monoisotopic (exact) mass is 302 g/mol. The molecule has 0 saturated heterocycles. The molecule has 20 heavy (non-hydrogen) atoms. The van der Waals surface area contributed by atoms with Gasteiger partial charge in [-0.1, -0.05) is 59.6 Å². The number of rotatable bonds is 3. The first kappa shape index (κ1) is 13.2. The average Bonchev–Trinajstić information content (AvgIpc) is 2.92. The fourth-order valence-corrected chi connectivity index (χ4v) is 2.54. The van der Waals surface area contributed by atoms with Crippen LogP contribution in [-0.2, 0) is 6.42 Å². The number of nitrogens with zero attached hydrogens (tertiary/aromatic N) is 1. The van der Waals surface area contributed by atoms with E-state index in [1.54, 1.807) is 6.07 Å². The highest BCUT2D eigenvalue weighted by Crippen LogP contribution is 2.23. The Morgan fingerprint density at radius 3 is 2.55 bits per heavy atom. The molecule has 3 rings (SSSR count). The van der Waals surface area contributed by atoms with E-state index >= 15 is 0 Å². The predicted octanol–water partition coefficient (Wildman–Crippen LogP) is 4.97. The van der Waals surface area contributed by atoms with Crippen molar-refractivity contribution in [2.75, 3.05) is 0 Å². The van der Waals surface area contributed by atoms with Crippen molar-refractivity contribution in [3.63, 3.8) is 0 Å². The molecule has 4 heteroatoms. The molecule has 100 valence electrons. The summed E-state index contributed by atoms with van der Waals surface area (Å²) in [5, 5.41) is 1.30. The summed E-state index contributed by atoms with van der Waals surface area (Å²) in [5.74, 6) is 0.882. The molecule has 0 atom stereocenters. The van der Waals surface area contributed by atoms with Crippen molar-refractivity contribution in [2.24, 2.45) is 0 Å². The van der Waals surface area contributed by atoms with Crippen LogP contribution >= 0.6 is 23.2 Å². The molecular weight excluding hydrogens is 291 g/mol. The summed E-state index contributed by atoms with van der Waals surface area (Å²) >= 11 is 12.1.